The molecule has 5 heteroatoms. The molecular formula is C4H7N3O2. The van der Waals surface area contributed by atoms with Crippen LogP contribution in [0, 0.1) is 0 Å². The van der Waals surface area contributed by atoms with E-state index in [1.54, 1.807) is 0 Å². The topological polar surface area (TPSA) is 81.2 Å². The molecule has 0 atom stereocenters. The minimum absolute atomic E-state index is 0.103. The van der Waals surface area contributed by atoms with E-state index >= 15 is 0 Å². The van der Waals surface area contributed by atoms with Gasteiger partial charge >= 0.3 is 0 Å². The number of rotatable bonds is 2. The van der Waals surface area contributed by atoms with Crippen molar-refractivity contribution in [2.24, 2.45) is 0 Å². The van der Waals surface area contributed by atoms with E-state index in [-0.39, 0.29) is 6.61 Å². The monoisotopic (exact) mass is 129 g/mol. The Balaban J connectivity index is 2.74. The number of nitrogens with one attached hydrogen (secondary N) is 2. The summed E-state index contributed by atoms with van der Waals surface area (Å²) in [7, 11) is 0. The van der Waals surface area contributed by atoms with Crippen LogP contribution >= 0.6 is 0 Å². The molecule has 0 aromatic carbocycles. The van der Waals surface area contributed by atoms with Gasteiger partial charge in [-0.15, -0.1) is 0 Å². The van der Waals surface area contributed by atoms with Crippen LogP contribution in [0.3, 0.4) is 0 Å². The highest BCUT2D eigenvalue weighted by Gasteiger charge is 1.95. The van der Waals surface area contributed by atoms with Crippen molar-refractivity contribution in [3.05, 3.63) is 11.8 Å². The molecule has 50 valence electrons. The van der Waals surface area contributed by atoms with Gasteiger partial charge in [-0.3, -0.25) is 15.8 Å². The Labute approximate surface area is 51.3 Å². The molecule has 0 amide bonds. The van der Waals surface area contributed by atoms with Crippen LogP contribution in [0.1, 0.15) is 5.69 Å². The fraction of sp³-hybridized carbons (Fsp3) is 0.250. The molecule has 1 rings (SSSR count). The van der Waals surface area contributed by atoms with Crippen LogP contribution in [-0.4, -0.2) is 20.5 Å². The number of hydrogen-bond acceptors (Lipinski definition) is 4. The van der Waals surface area contributed by atoms with Gasteiger partial charge in [0.25, 0.3) is 0 Å². The third-order valence-corrected chi connectivity index (χ3v) is 0.916. The molecule has 9 heavy (non-hydrogen) atoms. The van der Waals surface area contributed by atoms with Crippen molar-refractivity contribution in [2.75, 3.05) is 5.48 Å². The summed E-state index contributed by atoms with van der Waals surface area (Å²) in [4.78, 5) is 0. The maximum Gasteiger partial charge on any atom is 0.171 e. The molecular weight excluding hydrogens is 122 g/mol. The van der Waals surface area contributed by atoms with Gasteiger partial charge in [0.1, 0.15) is 0 Å². The highest BCUT2D eigenvalue weighted by molar-refractivity contribution is 5.31. The summed E-state index contributed by atoms with van der Waals surface area (Å²) in [5, 5.41) is 22.7. The van der Waals surface area contributed by atoms with E-state index in [0.717, 1.165) is 0 Å². The van der Waals surface area contributed by atoms with Crippen molar-refractivity contribution in [3.8, 4) is 0 Å². The van der Waals surface area contributed by atoms with Crippen molar-refractivity contribution in [2.45, 2.75) is 6.61 Å². The lowest BCUT2D eigenvalue weighted by atomic mass is 10.4. The first kappa shape index (κ1) is 6.06. The Morgan fingerprint density at radius 2 is 2.56 bits per heavy atom. The number of H-pyrrole nitrogens is 1. The molecule has 0 aliphatic heterocycles. The second-order valence-electron chi connectivity index (χ2n) is 1.55. The number of nitrogens with zero attached hydrogens (tertiary/aromatic N) is 1. The molecule has 4 N–H and O–H groups in total. The summed E-state index contributed by atoms with van der Waals surface area (Å²) in [5.41, 5.74) is 2.39. The molecule has 0 bridgehead atoms. The van der Waals surface area contributed by atoms with Crippen molar-refractivity contribution in [1.29, 1.82) is 0 Å². The second kappa shape index (κ2) is 2.47. The van der Waals surface area contributed by atoms with Gasteiger partial charge in [-0.1, -0.05) is 0 Å². The lowest BCUT2D eigenvalue weighted by molar-refractivity contribution is 0.276. The molecule has 1 aromatic rings. The predicted molar refractivity (Wildman–Crippen MR) is 29.9 cm³/mol. The lowest BCUT2D eigenvalue weighted by Gasteiger charge is -1.83. The SMILES string of the molecule is OCc1cc(NO)n[nH]1. The molecule has 0 saturated heterocycles. The third-order valence-electron chi connectivity index (χ3n) is 0.916. The highest BCUT2D eigenvalue weighted by Crippen LogP contribution is 2.02. The molecule has 0 saturated carbocycles. The standard InChI is InChI=1S/C4H7N3O2/c8-2-3-1-4(7-9)6-5-3/h1,8-9H,2H2,(H2,5,6,7). The van der Waals surface area contributed by atoms with Gasteiger partial charge < -0.3 is 5.11 Å². The first-order valence-electron chi connectivity index (χ1n) is 2.42. The lowest BCUT2D eigenvalue weighted by Crippen LogP contribution is -1.87. The summed E-state index contributed by atoms with van der Waals surface area (Å²) < 4.78 is 0. The summed E-state index contributed by atoms with van der Waals surface area (Å²) in [6.45, 7) is -0.103. The average Bonchev–Trinajstić information content (AvgIpc) is 2.34. The third kappa shape index (κ3) is 1.18. The van der Waals surface area contributed by atoms with Crippen LogP contribution in [0.25, 0.3) is 0 Å². The Morgan fingerprint density at radius 3 is 2.89 bits per heavy atom. The zero-order chi connectivity index (χ0) is 6.69. The average molecular weight is 129 g/mol. The van der Waals surface area contributed by atoms with Gasteiger partial charge in [0, 0.05) is 6.07 Å². The van der Waals surface area contributed by atoms with E-state index in [4.69, 9.17) is 10.3 Å². The molecule has 5 nitrogen and oxygen atoms in total. The molecule has 0 aliphatic rings. The van der Waals surface area contributed by atoms with Crippen LogP contribution in [0.2, 0.25) is 0 Å². The van der Waals surface area contributed by atoms with E-state index in [0.29, 0.717) is 11.5 Å². The Bertz CT molecular complexity index is 167. The second-order valence-corrected chi connectivity index (χ2v) is 1.55. The number of aliphatic hydroxyl groups excluding tert-OH is 1. The highest BCUT2D eigenvalue weighted by atomic mass is 16.5. The number of aromatic nitrogens is 2. The summed E-state index contributed by atoms with van der Waals surface area (Å²) in [6.07, 6.45) is 0. The van der Waals surface area contributed by atoms with Gasteiger partial charge in [-0.05, 0) is 0 Å². The first-order valence-corrected chi connectivity index (χ1v) is 2.42. The fourth-order valence-corrected chi connectivity index (χ4v) is 0.500. The van der Waals surface area contributed by atoms with Crippen LogP contribution in [0.4, 0.5) is 5.82 Å². The maximum absolute atomic E-state index is 8.47. The number of aromatic amines is 1. The Morgan fingerprint density at radius 1 is 1.78 bits per heavy atom. The number of hydrogen-bond donors (Lipinski definition) is 4. The van der Waals surface area contributed by atoms with Crippen molar-refractivity contribution in [3.63, 3.8) is 0 Å². The van der Waals surface area contributed by atoms with Crippen LogP contribution < -0.4 is 5.48 Å². The molecule has 0 fully saturated rings. The van der Waals surface area contributed by atoms with E-state index in [1.165, 1.54) is 6.07 Å². The van der Waals surface area contributed by atoms with Crippen LogP contribution in [0.5, 0.6) is 0 Å². The van der Waals surface area contributed by atoms with Gasteiger partial charge in [-0.2, -0.15) is 5.10 Å². The quantitative estimate of drug-likeness (QED) is 0.413. The molecule has 1 heterocycles. The van der Waals surface area contributed by atoms with Crippen LogP contribution in [-0.2, 0) is 6.61 Å². The van der Waals surface area contributed by atoms with E-state index < -0.39 is 0 Å². The summed E-state index contributed by atoms with van der Waals surface area (Å²) in [6, 6.07) is 1.50. The van der Waals surface area contributed by atoms with E-state index in [2.05, 4.69) is 10.2 Å². The number of anilines is 1. The zero-order valence-corrected chi connectivity index (χ0v) is 4.63. The fourth-order valence-electron chi connectivity index (χ4n) is 0.500. The van der Waals surface area contributed by atoms with Gasteiger partial charge in [0.05, 0.1) is 12.3 Å². The normalized spacial score (nSPS) is 9.56. The minimum Gasteiger partial charge on any atom is -0.390 e. The minimum atomic E-state index is -0.103. The van der Waals surface area contributed by atoms with Gasteiger partial charge in [0.15, 0.2) is 5.82 Å². The summed E-state index contributed by atoms with van der Waals surface area (Å²) in [5.74, 6) is 0.305. The van der Waals surface area contributed by atoms with Crippen molar-refractivity contribution >= 4 is 5.82 Å². The van der Waals surface area contributed by atoms with E-state index in [1.807, 2.05) is 5.48 Å². The van der Waals surface area contributed by atoms with Crippen molar-refractivity contribution in [1.82, 2.24) is 10.2 Å². The predicted octanol–water partition coefficient (Wildman–Crippen LogP) is -0.297. The zero-order valence-electron chi connectivity index (χ0n) is 4.63. The maximum atomic E-state index is 8.47. The Kier molecular flexibility index (Phi) is 1.66. The van der Waals surface area contributed by atoms with Gasteiger partial charge in [0.2, 0.25) is 0 Å². The van der Waals surface area contributed by atoms with E-state index in [9.17, 15) is 0 Å². The molecule has 1 aromatic heterocycles. The smallest absolute Gasteiger partial charge is 0.171 e. The molecule has 0 spiro atoms. The largest absolute Gasteiger partial charge is 0.390 e. The van der Waals surface area contributed by atoms with Crippen LogP contribution in [0.15, 0.2) is 6.07 Å². The number of aliphatic hydroxyl groups is 1. The van der Waals surface area contributed by atoms with Crippen molar-refractivity contribution < 1.29 is 10.3 Å². The van der Waals surface area contributed by atoms with Gasteiger partial charge in [-0.25, -0.2) is 0 Å². The molecule has 0 radical (unpaired) electrons. The molecule has 0 aliphatic carbocycles. The molecule has 0 unspecified atom stereocenters. The Hall–Kier alpha value is -1.07. The summed E-state index contributed by atoms with van der Waals surface area (Å²) >= 11 is 0. The first-order chi connectivity index (χ1) is 4.36.